The van der Waals surface area contributed by atoms with Crippen LogP contribution in [0.3, 0.4) is 0 Å². The molecule has 0 atom stereocenters. The van der Waals surface area contributed by atoms with Crippen LogP contribution in [0.25, 0.3) is 5.69 Å². The Balaban J connectivity index is 2.14. The second kappa shape index (κ2) is 10.2. The van der Waals surface area contributed by atoms with E-state index in [2.05, 4.69) is 4.98 Å². The summed E-state index contributed by atoms with van der Waals surface area (Å²) in [6, 6.07) is 4.20. The number of esters is 1. The molecular formula is C22H21FN4O8. The number of pyridine rings is 1. The summed E-state index contributed by atoms with van der Waals surface area (Å²) in [4.78, 5) is 51.8. The first-order valence-electron chi connectivity index (χ1n) is 10.3. The van der Waals surface area contributed by atoms with Gasteiger partial charge in [0.05, 0.1) is 23.3 Å². The Labute approximate surface area is 197 Å². The van der Waals surface area contributed by atoms with Crippen molar-refractivity contribution in [3.8, 4) is 23.1 Å². The van der Waals surface area contributed by atoms with Gasteiger partial charge < -0.3 is 18.8 Å². The molecule has 0 amide bonds. The van der Waals surface area contributed by atoms with Gasteiger partial charge in [-0.3, -0.25) is 14.9 Å². The Morgan fingerprint density at radius 1 is 1.23 bits per heavy atom. The Morgan fingerprint density at radius 2 is 1.94 bits per heavy atom. The number of nitro groups is 1. The number of nitro benzene ring substituents is 1. The number of halogens is 1. The molecule has 13 heteroatoms. The smallest absolute Gasteiger partial charge is 0.344 e. The van der Waals surface area contributed by atoms with Crippen LogP contribution in [0, 0.1) is 29.8 Å². The van der Waals surface area contributed by atoms with E-state index in [0.29, 0.717) is 16.3 Å². The lowest BCUT2D eigenvalue weighted by Crippen LogP contribution is -2.40. The lowest BCUT2D eigenvalue weighted by molar-refractivity contribution is -0.385. The molecule has 0 unspecified atom stereocenters. The Bertz CT molecular complexity index is 1390. The van der Waals surface area contributed by atoms with Gasteiger partial charge >= 0.3 is 17.3 Å². The first-order valence-corrected chi connectivity index (χ1v) is 10.3. The average molecular weight is 488 g/mol. The van der Waals surface area contributed by atoms with E-state index in [4.69, 9.17) is 14.2 Å². The highest BCUT2D eigenvalue weighted by atomic mass is 19.1. The summed E-state index contributed by atoms with van der Waals surface area (Å²) in [6.07, 6.45) is 1.33. The second-order valence-electron chi connectivity index (χ2n) is 7.22. The van der Waals surface area contributed by atoms with E-state index < -0.39 is 51.7 Å². The number of rotatable bonds is 8. The van der Waals surface area contributed by atoms with E-state index in [-0.39, 0.29) is 23.8 Å². The zero-order valence-corrected chi connectivity index (χ0v) is 19.2. The molecule has 35 heavy (non-hydrogen) atoms. The molecule has 0 aliphatic rings. The molecule has 1 aromatic carbocycles. The summed E-state index contributed by atoms with van der Waals surface area (Å²) in [5.74, 6) is -2.69. The Hall–Kier alpha value is -4.55. The van der Waals surface area contributed by atoms with Gasteiger partial charge in [-0.15, -0.1) is 0 Å². The highest BCUT2D eigenvalue weighted by Crippen LogP contribution is 2.37. The molecule has 0 bridgehead atoms. The highest BCUT2D eigenvalue weighted by Gasteiger charge is 2.25. The van der Waals surface area contributed by atoms with E-state index in [1.54, 1.807) is 13.8 Å². The topological polar surface area (TPSA) is 145 Å². The molecule has 0 radical (unpaired) electrons. The molecule has 3 aromatic rings. The van der Waals surface area contributed by atoms with Crippen molar-refractivity contribution in [1.82, 2.24) is 14.1 Å². The van der Waals surface area contributed by atoms with Crippen LogP contribution in [0.4, 0.5) is 10.1 Å². The summed E-state index contributed by atoms with van der Waals surface area (Å²) in [6.45, 7) is 4.27. The Morgan fingerprint density at radius 3 is 2.60 bits per heavy atom. The minimum atomic E-state index is -1.18. The van der Waals surface area contributed by atoms with Crippen molar-refractivity contribution in [3.63, 3.8) is 0 Å². The van der Waals surface area contributed by atoms with E-state index in [9.17, 15) is 28.9 Å². The number of carbonyl (C=O) groups excluding carboxylic acids is 1. The second-order valence-corrected chi connectivity index (χ2v) is 7.22. The summed E-state index contributed by atoms with van der Waals surface area (Å²) in [5, 5.41) is 11.6. The number of hydrogen-bond acceptors (Lipinski definition) is 9. The van der Waals surface area contributed by atoms with Gasteiger partial charge in [0.25, 0.3) is 11.4 Å². The number of carbonyl (C=O) groups is 1. The highest BCUT2D eigenvalue weighted by molar-refractivity contribution is 5.71. The van der Waals surface area contributed by atoms with Crippen LogP contribution in [-0.2, 0) is 16.6 Å². The zero-order valence-electron chi connectivity index (χ0n) is 19.2. The third-order valence-corrected chi connectivity index (χ3v) is 5.10. The number of aromatic nitrogens is 3. The normalized spacial score (nSPS) is 10.7. The molecule has 0 spiro atoms. The van der Waals surface area contributed by atoms with Crippen molar-refractivity contribution in [2.75, 3.05) is 13.2 Å². The molecule has 12 nitrogen and oxygen atoms in total. The maximum atomic E-state index is 14.9. The summed E-state index contributed by atoms with van der Waals surface area (Å²) >= 11 is 0. The third-order valence-electron chi connectivity index (χ3n) is 5.10. The van der Waals surface area contributed by atoms with Crippen LogP contribution in [0.5, 0.6) is 17.4 Å². The molecule has 184 valence electrons. The van der Waals surface area contributed by atoms with Crippen molar-refractivity contribution in [2.24, 2.45) is 7.05 Å². The third kappa shape index (κ3) is 5.03. The molecule has 0 saturated heterocycles. The summed E-state index contributed by atoms with van der Waals surface area (Å²) in [5.41, 5.74) is -2.39. The zero-order chi connectivity index (χ0) is 25.9. The van der Waals surface area contributed by atoms with E-state index >= 15 is 0 Å². The summed E-state index contributed by atoms with van der Waals surface area (Å²) in [7, 11) is 1.41. The van der Waals surface area contributed by atoms with Gasteiger partial charge in [0.1, 0.15) is 0 Å². The van der Waals surface area contributed by atoms with Crippen molar-refractivity contribution in [1.29, 1.82) is 0 Å². The van der Waals surface area contributed by atoms with Crippen molar-refractivity contribution < 1.29 is 28.3 Å². The van der Waals surface area contributed by atoms with Crippen LogP contribution in [-0.4, -0.2) is 38.2 Å². The van der Waals surface area contributed by atoms with Crippen LogP contribution >= 0.6 is 0 Å². The molecule has 0 aliphatic carbocycles. The van der Waals surface area contributed by atoms with Crippen LogP contribution in [0.1, 0.15) is 18.2 Å². The first-order chi connectivity index (χ1) is 16.6. The standard InChI is InChI=1S/C22H21FN4O8/c1-5-33-19(28)11-34-20-17(7-6-8-24-20)35-18-10-15(14(23)9-16(18)27(31)32)26-21(29)12(2)13(3)25(4)22(26)30/h6-10H,5,11H2,1-4H3. The first kappa shape index (κ1) is 25.1. The number of benzene rings is 1. The largest absolute Gasteiger partial charge is 0.463 e. The summed E-state index contributed by atoms with van der Waals surface area (Å²) < 4.78 is 32.3. The maximum absolute atomic E-state index is 14.9. The van der Waals surface area contributed by atoms with E-state index in [0.717, 1.165) is 10.6 Å². The predicted molar refractivity (Wildman–Crippen MR) is 120 cm³/mol. The molecular weight excluding hydrogens is 467 g/mol. The van der Waals surface area contributed by atoms with Gasteiger partial charge in [0.15, 0.2) is 18.2 Å². The van der Waals surface area contributed by atoms with E-state index in [1.807, 2.05) is 0 Å². The van der Waals surface area contributed by atoms with Gasteiger partial charge in [0.2, 0.25) is 5.75 Å². The SMILES string of the molecule is CCOC(=O)COc1ncccc1Oc1cc(-n2c(=O)c(C)c(C)n(C)c2=O)c(F)cc1[N+](=O)[O-]. The van der Waals surface area contributed by atoms with E-state index in [1.165, 1.54) is 32.3 Å². The van der Waals surface area contributed by atoms with Crippen LogP contribution in [0.15, 0.2) is 40.1 Å². The number of nitrogens with zero attached hydrogens (tertiary/aromatic N) is 4. The number of hydrogen-bond donors (Lipinski definition) is 0. The van der Waals surface area contributed by atoms with Crippen LogP contribution < -0.4 is 20.7 Å². The van der Waals surface area contributed by atoms with Crippen LogP contribution in [0.2, 0.25) is 0 Å². The van der Waals surface area contributed by atoms with Gasteiger partial charge in [-0.25, -0.2) is 23.5 Å². The lowest BCUT2D eigenvalue weighted by atomic mass is 10.2. The fourth-order valence-corrected chi connectivity index (χ4v) is 3.11. The average Bonchev–Trinajstić information content (AvgIpc) is 2.82. The van der Waals surface area contributed by atoms with Gasteiger partial charge in [-0.2, -0.15) is 0 Å². The molecule has 2 aromatic heterocycles. The molecule has 0 saturated carbocycles. The van der Waals surface area contributed by atoms with Gasteiger partial charge in [-0.1, -0.05) is 0 Å². The minimum Gasteiger partial charge on any atom is -0.463 e. The van der Waals surface area contributed by atoms with Gasteiger partial charge in [0, 0.05) is 30.6 Å². The number of ether oxygens (including phenoxy) is 3. The van der Waals surface area contributed by atoms with Crippen molar-refractivity contribution >= 4 is 11.7 Å². The molecule has 3 rings (SSSR count). The predicted octanol–water partition coefficient (Wildman–Crippen LogP) is 2.33. The van der Waals surface area contributed by atoms with Crippen molar-refractivity contribution in [2.45, 2.75) is 20.8 Å². The van der Waals surface area contributed by atoms with Gasteiger partial charge in [-0.05, 0) is 32.9 Å². The minimum absolute atomic E-state index is 0.135. The molecule has 0 N–H and O–H groups in total. The fraction of sp³-hybridized carbons (Fsp3) is 0.273. The monoisotopic (exact) mass is 488 g/mol. The fourth-order valence-electron chi connectivity index (χ4n) is 3.11. The molecule has 2 heterocycles. The quantitative estimate of drug-likeness (QED) is 0.265. The molecule has 0 aliphatic heterocycles. The maximum Gasteiger partial charge on any atom is 0.344 e. The lowest BCUT2D eigenvalue weighted by Gasteiger charge is -2.15. The van der Waals surface area contributed by atoms with Crippen molar-refractivity contribution in [3.05, 3.63) is 78.5 Å². The Kier molecular flexibility index (Phi) is 7.28. The molecule has 0 fully saturated rings.